The van der Waals surface area contributed by atoms with Crippen LogP contribution in [0.15, 0.2) is 0 Å². The fourth-order valence-corrected chi connectivity index (χ4v) is 2.29. The predicted octanol–water partition coefficient (Wildman–Crippen LogP) is 0.927. The molecule has 4 heteroatoms. The van der Waals surface area contributed by atoms with E-state index in [0.29, 0.717) is 12.5 Å². The van der Waals surface area contributed by atoms with Gasteiger partial charge in [0.1, 0.15) is 0 Å². The Morgan fingerprint density at radius 1 is 1.41 bits per heavy atom. The van der Waals surface area contributed by atoms with Crippen LogP contribution in [0.25, 0.3) is 0 Å². The van der Waals surface area contributed by atoms with E-state index in [1.54, 1.807) is 0 Å². The van der Waals surface area contributed by atoms with Crippen LogP contribution in [0.4, 0.5) is 0 Å². The van der Waals surface area contributed by atoms with Crippen LogP contribution >= 0.6 is 0 Å². The van der Waals surface area contributed by atoms with Crippen molar-refractivity contribution in [3.05, 3.63) is 0 Å². The molecule has 17 heavy (non-hydrogen) atoms. The Bertz CT molecular complexity index is 235. The van der Waals surface area contributed by atoms with Gasteiger partial charge in [0.2, 0.25) is 5.91 Å². The Morgan fingerprint density at radius 2 is 2.00 bits per heavy atom. The Hall–Kier alpha value is -0.610. The topological polar surface area (TPSA) is 35.6 Å². The van der Waals surface area contributed by atoms with E-state index in [9.17, 15) is 4.79 Å². The van der Waals surface area contributed by atoms with E-state index in [4.69, 9.17) is 0 Å². The van der Waals surface area contributed by atoms with Gasteiger partial charge >= 0.3 is 0 Å². The average Bonchev–Trinajstić information content (AvgIpc) is 2.26. The second kappa shape index (κ2) is 6.97. The van der Waals surface area contributed by atoms with Crippen LogP contribution in [0.5, 0.6) is 0 Å². The summed E-state index contributed by atoms with van der Waals surface area (Å²) < 4.78 is 0. The van der Waals surface area contributed by atoms with Gasteiger partial charge in [0.15, 0.2) is 0 Å². The highest BCUT2D eigenvalue weighted by molar-refractivity contribution is 5.76. The average molecular weight is 241 g/mol. The summed E-state index contributed by atoms with van der Waals surface area (Å²) in [5, 5.41) is 2.93. The minimum absolute atomic E-state index is 0.166. The van der Waals surface area contributed by atoms with Gasteiger partial charge in [-0.2, -0.15) is 0 Å². The van der Waals surface area contributed by atoms with E-state index in [1.807, 2.05) is 13.8 Å². The molecule has 1 N–H and O–H groups in total. The van der Waals surface area contributed by atoms with Gasteiger partial charge in [0, 0.05) is 25.0 Å². The van der Waals surface area contributed by atoms with E-state index >= 15 is 0 Å². The first-order valence-corrected chi connectivity index (χ1v) is 6.67. The number of carbonyl (C=O) groups excluding carboxylic acids is 1. The van der Waals surface area contributed by atoms with Crippen molar-refractivity contribution < 1.29 is 4.79 Å². The van der Waals surface area contributed by atoms with Gasteiger partial charge < -0.3 is 15.1 Å². The first kappa shape index (κ1) is 14.5. The molecule has 0 aromatic rings. The van der Waals surface area contributed by atoms with Gasteiger partial charge in [-0.15, -0.1) is 0 Å². The molecule has 0 aliphatic carbocycles. The van der Waals surface area contributed by atoms with E-state index < -0.39 is 0 Å². The summed E-state index contributed by atoms with van der Waals surface area (Å²) >= 11 is 0. The Balaban J connectivity index is 2.20. The predicted molar refractivity (Wildman–Crippen MR) is 71.0 cm³/mol. The largest absolute Gasteiger partial charge is 0.354 e. The highest BCUT2D eigenvalue weighted by atomic mass is 16.1. The van der Waals surface area contributed by atoms with Crippen LogP contribution in [0.2, 0.25) is 0 Å². The molecule has 100 valence electrons. The summed E-state index contributed by atoms with van der Waals surface area (Å²) in [4.78, 5) is 16.3. The van der Waals surface area contributed by atoms with Crippen LogP contribution in [0, 0.1) is 0 Å². The molecule has 1 amide bonds. The lowest BCUT2D eigenvalue weighted by atomic mass is 10.0. The zero-order chi connectivity index (χ0) is 12.8. The quantitative estimate of drug-likeness (QED) is 0.778. The molecular formula is C13H27N3O. The second-order valence-corrected chi connectivity index (χ2v) is 5.49. The van der Waals surface area contributed by atoms with Gasteiger partial charge in [0.25, 0.3) is 0 Å². The highest BCUT2D eigenvalue weighted by Crippen LogP contribution is 2.14. The van der Waals surface area contributed by atoms with Crippen molar-refractivity contribution in [2.24, 2.45) is 0 Å². The zero-order valence-electron chi connectivity index (χ0n) is 11.7. The molecule has 1 rings (SSSR count). The maximum absolute atomic E-state index is 11.5. The van der Waals surface area contributed by atoms with Crippen molar-refractivity contribution in [2.75, 3.05) is 33.7 Å². The SMILES string of the molecule is CC(C)NC(=O)CCN(C)C1CCN(C)CC1. The third kappa shape index (κ3) is 5.50. The Labute approximate surface area is 105 Å². The van der Waals surface area contributed by atoms with Gasteiger partial charge in [-0.3, -0.25) is 4.79 Å². The number of rotatable bonds is 5. The zero-order valence-corrected chi connectivity index (χ0v) is 11.7. The summed E-state index contributed by atoms with van der Waals surface area (Å²) in [6.45, 7) is 7.21. The van der Waals surface area contributed by atoms with Gasteiger partial charge in [0.05, 0.1) is 0 Å². The van der Waals surface area contributed by atoms with Crippen LogP contribution < -0.4 is 5.32 Å². The molecule has 1 saturated heterocycles. The molecule has 1 aliphatic rings. The summed E-state index contributed by atoms with van der Waals surface area (Å²) in [7, 11) is 4.31. The minimum atomic E-state index is 0.166. The highest BCUT2D eigenvalue weighted by Gasteiger charge is 2.20. The van der Waals surface area contributed by atoms with Gasteiger partial charge in [-0.25, -0.2) is 0 Å². The second-order valence-electron chi connectivity index (χ2n) is 5.49. The third-order valence-corrected chi connectivity index (χ3v) is 3.45. The molecule has 0 aromatic carbocycles. The lowest BCUT2D eigenvalue weighted by Crippen LogP contribution is -2.43. The van der Waals surface area contributed by atoms with E-state index in [2.05, 4.69) is 29.2 Å². The maximum Gasteiger partial charge on any atom is 0.221 e. The smallest absolute Gasteiger partial charge is 0.221 e. The molecule has 4 nitrogen and oxygen atoms in total. The van der Waals surface area contributed by atoms with Crippen molar-refractivity contribution in [1.29, 1.82) is 0 Å². The van der Waals surface area contributed by atoms with Crippen molar-refractivity contribution >= 4 is 5.91 Å². The molecule has 0 unspecified atom stereocenters. The van der Waals surface area contributed by atoms with Gasteiger partial charge in [-0.05, 0) is 53.9 Å². The normalized spacial score (nSPS) is 18.9. The van der Waals surface area contributed by atoms with Crippen molar-refractivity contribution in [3.63, 3.8) is 0 Å². The first-order chi connectivity index (χ1) is 7.99. The number of hydrogen-bond acceptors (Lipinski definition) is 3. The molecule has 1 heterocycles. The number of amides is 1. The number of nitrogens with zero attached hydrogens (tertiary/aromatic N) is 2. The standard InChI is InChI=1S/C13H27N3O/c1-11(2)14-13(17)7-10-16(4)12-5-8-15(3)9-6-12/h11-12H,5-10H2,1-4H3,(H,14,17). The van der Waals surface area contributed by atoms with Crippen molar-refractivity contribution in [3.8, 4) is 0 Å². The number of piperidine rings is 1. The maximum atomic E-state index is 11.5. The monoisotopic (exact) mass is 241 g/mol. The number of nitrogens with one attached hydrogen (secondary N) is 1. The molecular weight excluding hydrogens is 214 g/mol. The molecule has 0 aromatic heterocycles. The molecule has 1 aliphatic heterocycles. The molecule has 0 atom stereocenters. The first-order valence-electron chi connectivity index (χ1n) is 6.67. The van der Waals surface area contributed by atoms with Crippen LogP contribution in [-0.4, -0.2) is 61.5 Å². The molecule has 0 radical (unpaired) electrons. The fraction of sp³-hybridized carbons (Fsp3) is 0.923. The fourth-order valence-electron chi connectivity index (χ4n) is 2.29. The number of hydrogen-bond donors (Lipinski definition) is 1. The summed E-state index contributed by atoms with van der Waals surface area (Å²) in [5.74, 6) is 0.166. The van der Waals surface area contributed by atoms with Crippen molar-refractivity contribution in [2.45, 2.75) is 45.2 Å². The van der Waals surface area contributed by atoms with E-state index in [-0.39, 0.29) is 11.9 Å². The van der Waals surface area contributed by atoms with Gasteiger partial charge in [-0.1, -0.05) is 0 Å². The number of carbonyl (C=O) groups is 1. The third-order valence-electron chi connectivity index (χ3n) is 3.45. The van der Waals surface area contributed by atoms with E-state index in [1.165, 1.54) is 25.9 Å². The molecule has 0 bridgehead atoms. The minimum Gasteiger partial charge on any atom is -0.354 e. The van der Waals surface area contributed by atoms with Crippen LogP contribution in [-0.2, 0) is 4.79 Å². The Kier molecular flexibility index (Phi) is 5.92. The molecule has 0 spiro atoms. The lowest BCUT2D eigenvalue weighted by Gasteiger charge is -2.35. The Morgan fingerprint density at radius 3 is 2.53 bits per heavy atom. The summed E-state index contributed by atoms with van der Waals surface area (Å²) in [5.41, 5.74) is 0. The van der Waals surface area contributed by atoms with Crippen molar-refractivity contribution in [1.82, 2.24) is 15.1 Å². The number of likely N-dealkylation sites (tertiary alicyclic amines) is 1. The summed E-state index contributed by atoms with van der Waals surface area (Å²) in [6, 6.07) is 0.897. The van der Waals surface area contributed by atoms with E-state index in [0.717, 1.165) is 6.54 Å². The molecule has 0 saturated carbocycles. The lowest BCUT2D eigenvalue weighted by molar-refractivity contribution is -0.122. The van der Waals surface area contributed by atoms with Crippen LogP contribution in [0.3, 0.4) is 0 Å². The van der Waals surface area contributed by atoms with Crippen LogP contribution in [0.1, 0.15) is 33.1 Å². The molecule has 1 fully saturated rings. The summed E-state index contributed by atoms with van der Waals surface area (Å²) in [6.07, 6.45) is 3.05.